The zero-order valence-electron chi connectivity index (χ0n) is 40.7. The average molecular weight is 924 g/mol. The van der Waals surface area contributed by atoms with Gasteiger partial charge < -0.3 is 18.9 Å². The van der Waals surface area contributed by atoms with E-state index in [1.165, 1.54) is 86.2 Å². The predicted molar refractivity (Wildman–Crippen MR) is 281 cm³/mol. The highest BCUT2D eigenvalue weighted by Crippen LogP contribution is 2.39. The maximum atomic E-state index is 5.27. The number of methoxy groups -OCH3 is 4. The third kappa shape index (κ3) is 10.6. The highest BCUT2D eigenvalue weighted by molar-refractivity contribution is 5.77. The van der Waals surface area contributed by atoms with Gasteiger partial charge in [-0.05, 0) is 171 Å². The minimum atomic E-state index is 0.583. The van der Waals surface area contributed by atoms with Crippen LogP contribution < -0.4 is 18.9 Å². The molecule has 9 aromatic rings. The molecule has 11 rings (SSSR count). The summed E-state index contributed by atoms with van der Waals surface area (Å²) in [6, 6.07) is 49.1. The molecule has 0 atom stereocenters. The molecule has 0 spiro atoms. The maximum Gasteiger partial charge on any atom is 0.181 e. The molecule has 0 bridgehead atoms. The largest absolute Gasteiger partial charge is 0.497 e. The van der Waals surface area contributed by atoms with Crippen LogP contribution >= 0.6 is 0 Å². The van der Waals surface area contributed by atoms with Gasteiger partial charge in [0.1, 0.15) is 28.7 Å². The van der Waals surface area contributed by atoms with E-state index in [-0.39, 0.29) is 0 Å². The summed E-state index contributed by atoms with van der Waals surface area (Å²) in [5.74, 6) is 3.93. The number of hydrogen-bond acceptors (Lipinski definition) is 9. The van der Waals surface area contributed by atoms with Crippen molar-refractivity contribution in [2.75, 3.05) is 28.4 Å². The summed E-state index contributed by atoms with van der Waals surface area (Å²) in [7, 11) is 6.66. The molecule has 3 aromatic heterocycles. The third-order valence-electron chi connectivity index (χ3n) is 13.1. The second kappa shape index (κ2) is 21.8. The van der Waals surface area contributed by atoms with Crippen LogP contribution in [0, 0.1) is 13.8 Å². The van der Waals surface area contributed by atoms with E-state index >= 15 is 0 Å². The van der Waals surface area contributed by atoms with E-state index in [1.54, 1.807) is 34.6 Å². The molecule has 0 saturated carbocycles. The minimum absolute atomic E-state index is 0.583. The van der Waals surface area contributed by atoms with Crippen molar-refractivity contribution < 1.29 is 18.9 Å². The molecule has 0 aliphatic heterocycles. The van der Waals surface area contributed by atoms with E-state index in [0.29, 0.717) is 5.82 Å². The predicted octanol–water partition coefficient (Wildman–Crippen LogP) is 13.7. The lowest BCUT2D eigenvalue weighted by molar-refractivity contribution is 0.414. The third-order valence-corrected chi connectivity index (χ3v) is 13.1. The van der Waals surface area contributed by atoms with Crippen LogP contribution in [0.5, 0.6) is 23.0 Å². The first kappa shape index (κ1) is 46.9. The fourth-order valence-corrected chi connectivity index (χ4v) is 9.18. The Labute approximate surface area is 411 Å². The van der Waals surface area contributed by atoms with E-state index in [4.69, 9.17) is 28.9 Å². The summed E-state index contributed by atoms with van der Waals surface area (Å²) < 4.78 is 20.8. The molecule has 9 heteroatoms. The Kier molecular flexibility index (Phi) is 14.6. The van der Waals surface area contributed by atoms with Gasteiger partial charge in [-0.2, -0.15) is 0 Å². The Morgan fingerprint density at radius 3 is 1.06 bits per heavy atom. The van der Waals surface area contributed by atoms with Gasteiger partial charge in [0.15, 0.2) is 5.82 Å². The second-order valence-corrected chi connectivity index (χ2v) is 17.5. The molecule has 6 aromatic carbocycles. The second-order valence-electron chi connectivity index (χ2n) is 17.5. The number of pyridine rings is 2. The minimum Gasteiger partial charge on any atom is -0.497 e. The van der Waals surface area contributed by atoms with Gasteiger partial charge in [-0.15, -0.1) is 10.2 Å². The molecule has 0 saturated heterocycles. The first-order valence-corrected chi connectivity index (χ1v) is 23.8. The zero-order chi connectivity index (χ0) is 48.4. The Balaban J connectivity index is 0.000000131. The van der Waals surface area contributed by atoms with Crippen molar-refractivity contribution in [2.45, 2.75) is 52.4 Å². The van der Waals surface area contributed by atoms with Crippen LogP contribution in [0.1, 0.15) is 46.2 Å². The molecule has 9 nitrogen and oxygen atoms in total. The van der Waals surface area contributed by atoms with Crippen molar-refractivity contribution in [3.8, 4) is 90.4 Å². The smallest absolute Gasteiger partial charge is 0.181 e. The lowest BCUT2D eigenvalue weighted by Gasteiger charge is -2.13. The van der Waals surface area contributed by atoms with Crippen molar-refractivity contribution in [1.29, 1.82) is 0 Å². The van der Waals surface area contributed by atoms with E-state index < -0.39 is 0 Å². The first-order chi connectivity index (χ1) is 34.3. The van der Waals surface area contributed by atoms with Crippen LogP contribution in [0.15, 0.2) is 164 Å². The van der Waals surface area contributed by atoms with Gasteiger partial charge in [0.05, 0.1) is 46.0 Å². The van der Waals surface area contributed by atoms with Gasteiger partial charge in [0.2, 0.25) is 0 Å². The van der Waals surface area contributed by atoms with Crippen LogP contribution in [0.4, 0.5) is 0 Å². The number of benzene rings is 6. The van der Waals surface area contributed by atoms with Crippen molar-refractivity contribution in [1.82, 2.24) is 25.1 Å². The number of ether oxygens (including phenoxy) is 4. The number of fused-ring (bicyclic) bond motifs is 2. The molecule has 70 heavy (non-hydrogen) atoms. The normalized spacial score (nSPS) is 12.1. The summed E-state index contributed by atoms with van der Waals surface area (Å²) >= 11 is 0. The molecule has 3 heterocycles. The van der Waals surface area contributed by atoms with Crippen LogP contribution in [0.2, 0.25) is 0 Å². The van der Waals surface area contributed by atoms with Crippen molar-refractivity contribution in [2.24, 2.45) is 0 Å². The average Bonchev–Trinajstić information content (AvgIpc) is 4.14. The van der Waals surface area contributed by atoms with Crippen molar-refractivity contribution in [3.05, 3.63) is 198 Å². The molecular formula is C61H57N5O4. The van der Waals surface area contributed by atoms with Crippen LogP contribution in [0.25, 0.3) is 67.4 Å². The molecule has 350 valence electrons. The Bertz CT molecular complexity index is 2940. The van der Waals surface area contributed by atoms with E-state index in [9.17, 15) is 0 Å². The summed E-state index contributed by atoms with van der Waals surface area (Å²) in [6.45, 7) is 4.26. The van der Waals surface area contributed by atoms with E-state index in [1.807, 2.05) is 79.0 Å². The summed E-state index contributed by atoms with van der Waals surface area (Å²) in [5.41, 5.74) is 20.7. The molecule has 0 unspecified atom stereocenters. The van der Waals surface area contributed by atoms with Crippen molar-refractivity contribution in [3.63, 3.8) is 0 Å². The number of hydrogen-bond donors (Lipinski definition) is 0. The highest BCUT2D eigenvalue weighted by atomic mass is 16.5. The van der Waals surface area contributed by atoms with E-state index in [2.05, 4.69) is 108 Å². The Morgan fingerprint density at radius 2 is 0.671 bits per heavy atom. The molecule has 0 amide bonds. The van der Waals surface area contributed by atoms with Gasteiger partial charge in [0.25, 0.3) is 0 Å². The van der Waals surface area contributed by atoms with Crippen molar-refractivity contribution >= 4 is 0 Å². The summed E-state index contributed by atoms with van der Waals surface area (Å²) in [4.78, 5) is 14.0. The quantitative estimate of drug-likeness (QED) is 0.133. The molecule has 0 radical (unpaired) electrons. The lowest BCUT2D eigenvalue weighted by atomic mass is 9.95. The molecule has 0 fully saturated rings. The van der Waals surface area contributed by atoms with Gasteiger partial charge in [0, 0.05) is 45.8 Å². The number of rotatable bonds is 10. The summed E-state index contributed by atoms with van der Waals surface area (Å²) in [5, 5.41) is 8.43. The van der Waals surface area contributed by atoms with Crippen LogP contribution in [-0.2, 0) is 25.7 Å². The molecule has 2 aliphatic rings. The summed E-state index contributed by atoms with van der Waals surface area (Å²) in [6.07, 6.45) is 12.7. The topological polar surface area (TPSA) is 101 Å². The number of aryl methyl sites for hydroxylation is 2. The van der Waals surface area contributed by atoms with Gasteiger partial charge in [-0.1, -0.05) is 71.8 Å². The lowest BCUT2D eigenvalue weighted by Crippen LogP contribution is -1.96. The molecular weight excluding hydrogens is 867 g/mol. The first-order valence-electron chi connectivity index (χ1n) is 23.8. The maximum absolute atomic E-state index is 5.27. The van der Waals surface area contributed by atoms with Crippen LogP contribution in [0.3, 0.4) is 0 Å². The Hall–Kier alpha value is -8.17. The standard InChI is InChI=1S/C22H21NO2.C22H21N.C17H15N3O2/c1-24-17-10-6-15(7-11-17)21-14-23-22(20-5-3-4-19(20)21)16-8-12-18(25-2)13-9-16;1-15-6-10-17(11-7-15)21-14-23-22(20-5-3-4-19(20)21)18-12-8-16(2)9-13-18;1-21-14-7-3-12(4-8-14)16-11-18-17(20-19-16)13-5-9-15(22-2)10-6-13/h6-14H,3-5H2,1-2H3;6-14H,3-5H2,1-2H3;3-11H,1-2H3. The van der Waals surface area contributed by atoms with Gasteiger partial charge >= 0.3 is 0 Å². The van der Waals surface area contributed by atoms with Crippen LogP contribution in [-0.4, -0.2) is 53.6 Å². The SMILES string of the molecule is COc1ccc(-c2cnc(-c3ccc(OC)cc3)c3c2CCC3)cc1.COc1ccc(-c2cnc(-c3ccc(OC)cc3)nn2)cc1.Cc1ccc(-c2cnc(-c3ccc(C)cc3)c3c2CCC3)cc1. The number of aromatic nitrogens is 5. The van der Waals surface area contributed by atoms with Gasteiger partial charge in [-0.25, -0.2) is 4.98 Å². The highest BCUT2D eigenvalue weighted by Gasteiger charge is 2.23. The van der Waals surface area contributed by atoms with E-state index in [0.717, 1.165) is 70.3 Å². The molecule has 2 aliphatic carbocycles. The molecule has 0 N–H and O–H groups in total. The van der Waals surface area contributed by atoms with Gasteiger partial charge in [-0.3, -0.25) is 9.97 Å². The zero-order valence-corrected chi connectivity index (χ0v) is 40.7. The number of nitrogens with zero attached hydrogens (tertiary/aromatic N) is 5. The fourth-order valence-electron chi connectivity index (χ4n) is 9.18. The Morgan fingerprint density at radius 1 is 0.329 bits per heavy atom. The fraction of sp³-hybridized carbons (Fsp3) is 0.197. The monoisotopic (exact) mass is 923 g/mol.